The van der Waals surface area contributed by atoms with Gasteiger partial charge in [0.2, 0.25) is 5.91 Å². The minimum absolute atomic E-state index is 0.0888. The molecule has 4 nitrogen and oxygen atoms in total. The minimum Gasteiger partial charge on any atom is -0.486 e. The Morgan fingerprint density at radius 1 is 1.29 bits per heavy atom. The number of hydrogen-bond acceptors (Lipinski definition) is 4. The summed E-state index contributed by atoms with van der Waals surface area (Å²) in [7, 11) is 0. The molecule has 1 amide bonds. The molecule has 28 heavy (non-hydrogen) atoms. The second kappa shape index (κ2) is 7.18. The van der Waals surface area contributed by atoms with Gasteiger partial charge in [-0.15, -0.1) is 11.3 Å². The summed E-state index contributed by atoms with van der Waals surface area (Å²) < 4.78 is 5.79. The Balaban J connectivity index is 1.30. The molecule has 2 aliphatic carbocycles. The van der Waals surface area contributed by atoms with E-state index in [1.54, 1.807) is 11.3 Å². The number of nitrogens with one attached hydrogen (secondary N) is 1. The van der Waals surface area contributed by atoms with Crippen LogP contribution in [0.2, 0.25) is 0 Å². The van der Waals surface area contributed by atoms with Gasteiger partial charge in [-0.2, -0.15) is 0 Å². The highest BCUT2D eigenvalue weighted by molar-refractivity contribution is 7.09. The van der Waals surface area contributed by atoms with E-state index >= 15 is 0 Å². The topological polar surface area (TPSA) is 51.2 Å². The number of rotatable bonds is 6. The van der Waals surface area contributed by atoms with E-state index in [1.807, 2.05) is 29.6 Å². The predicted octanol–water partition coefficient (Wildman–Crippen LogP) is 4.90. The Morgan fingerprint density at radius 2 is 2.04 bits per heavy atom. The maximum Gasteiger partial charge on any atom is 0.226 e. The summed E-state index contributed by atoms with van der Waals surface area (Å²) in [5.41, 5.74) is 2.56. The number of carbonyl (C=O) groups is 1. The van der Waals surface area contributed by atoms with Crippen molar-refractivity contribution in [2.24, 2.45) is 16.7 Å². The molecule has 3 unspecified atom stereocenters. The van der Waals surface area contributed by atoms with Crippen LogP contribution in [0.5, 0.6) is 5.75 Å². The van der Waals surface area contributed by atoms with Gasteiger partial charge >= 0.3 is 0 Å². The molecule has 2 aromatic rings. The molecule has 2 saturated carbocycles. The third kappa shape index (κ3) is 3.45. The van der Waals surface area contributed by atoms with Crippen LogP contribution in [0.1, 0.15) is 56.3 Å². The average molecular weight is 399 g/mol. The second-order valence-electron chi connectivity index (χ2n) is 9.24. The molecule has 1 N–H and O–H groups in total. The fourth-order valence-corrected chi connectivity index (χ4v) is 5.81. The van der Waals surface area contributed by atoms with Gasteiger partial charge in [0.1, 0.15) is 17.4 Å². The molecule has 2 bridgehead atoms. The molecule has 0 spiro atoms. The number of fused-ring (bicyclic) bond motifs is 2. The highest BCUT2D eigenvalue weighted by Gasteiger charge is 2.61. The third-order valence-electron chi connectivity index (χ3n) is 7.45. The first-order valence-corrected chi connectivity index (χ1v) is 11.1. The van der Waals surface area contributed by atoms with E-state index in [4.69, 9.17) is 4.74 Å². The van der Waals surface area contributed by atoms with Crippen LogP contribution in [0.3, 0.4) is 0 Å². The summed E-state index contributed by atoms with van der Waals surface area (Å²) in [6.07, 6.45) is 3.97. The number of aryl methyl sites for hydroxylation is 1. The van der Waals surface area contributed by atoms with E-state index in [0.29, 0.717) is 18.4 Å². The number of benzene rings is 1. The van der Waals surface area contributed by atoms with Gasteiger partial charge in [0.15, 0.2) is 0 Å². The maximum absolute atomic E-state index is 12.6. The van der Waals surface area contributed by atoms with E-state index in [2.05, 4.69) is 38.0 Å². The largest absolute Gasteiger partial charge is 0.486 e. The van der Waals surface area contributed by atoms with Gasteiger partial charge in [-0.25, -0.2) is 4.98 Å². The highest BCUT2D eigenvalue weighted by Crippen LogP contribution is 2.65. The van der Waals surface area contributed by atoms with E-state index in [-0.39, 0.29) is 17.4 Å². The standard InChI is InChI=1S/C23H30N2O2S/c1-15-5-7-18(8-6-15)27-13-21-24-17(14-28-21)12-20(26)25-19-11-16-9-10-23(19,4)22(16,2)3/h5-8,14,16,19H,9-13H2,1-4H3,(H,25,26). The first-order chi connectivity index (χ1) is 13.3. The van der Waals surface area contributed by atoms with Crippen molar-refractivity contribution in [1.82, 2.24) is 10.3 Å². The first kappa shape index (κ1) is 19.4. The molecule has 0 aliphatic heterocycles. The molecule has 1 aromatic carbocycles. The molecule has 0 radical (unpaired) electrons. The van der Waals surface area contributed by atoms with Crippen molar-refractivity contribution in [3.63, 3.8) is 0 Å². The summed E-state index contributed by atoms with van der Waals surface area (Å²) in [4.78, 5) is 17.2. The van der Waals surface area contributed by atoms with Gasteiger partial charge in [0, 0.05) is 11.4 Å². The maximum atomic E-state index is 12.6. The Labute approximate surface area is 171 Å². The summed E-state index contributed by atoms with van der Waals surface area (Å²) in [6.45, 7) is 9.59. The SMILES string of the molecule is Cc1ccc(OCc2nc(CC(=O)NC3CC4CCC3(C)C4(C)C)cs2)cc1. The van der Waals surface area contributed by atoms with Crippen molar-refractivity contribution in [2.75, 3.05) is 0 Å². The second-order valence-corrected chi connectivity index (χ2v) is 10.2. The number of amides is 1. The molecule has 2 fully saturated rings. The van der Waals surface area contributed by atoms with Crippen LogP contribution in [-0.4, -0.2) is 16.9 Å². The van der Waals surface area contributed by atoms with E-state index in [1.165, 1.54) is 18.4 Å². The van der Waals surface area contributed by atoms with Crippen LogP contribution < -0.4 is 10.1 Å². The lowest BCUT2D eigenvalue weighted by atomic mass is 9.69. The molecule has 5 heteroatoms. The number of hydrogen-bond donors (Lipinski definition) is 1. The fourth-order valence-electron chi connectivity index (χ4n) is 5.11. The predicted molar refractivity (Wildman–Crippen MR) is 112 cm³/mol. The van der Waals surface area contributed by atoms with Crippen LogP contribution in [0, 0.1) is 23.7 Å². The van der Waals surface area contributed by atoms with Gasteiger partial charge < -0.3 is 10.1 Å². The van der Waals surface area contributed by atoms with E-state index in [0.717, 1.165) is 28.8 Å². The monoisotopic (exact) mass is 398 g/mol. The zero-order chi connectivity index (χ0) is 19.9. The van der Waals surface area contributed by atoms with Gasteiger partial charge in [0.25, 0.3) is 0 Å². The molecular weight excluding hydrogens is 368 g/mol. The van der Waals surface area contributed by atoms with Crippen LogP contribution in [-0.2, 0) is 17.8 Å². The van der Waals surface area contributed by atoms with Crippen LogP contribution in [0.4, 0.5) is 0 Å². The van der Waals surface area contributed by atoms with E-state index < -0.39 is 0 Å². The van der Waals surface area contributed by atoms with Crippen LogP contribution in [0.25, 0.3) is 0 Å². The molecule has 4 rings (SSSR count). The number of nitrogens with zero attached hydrogens (tertiary/aromatic N) is 1. The molecule has 150 valence electrons. The number of thiazole rings is 1. The Morgan fingerprint density at radius 3 is 2.68 bits per heavy atom. The Kier molecular flexibility index (Phi) is 4.98. The highest BCUT2D eigenvalue weighted by atomic mass is 32.1. The van der Waals surface area contributed by atoms with Crippen LogP contribution in [0.15, 0.2) is 29.6 Å². The molecule has 2 aliphatic rings. The van der Waals surface area contributed by atoms with Crippen molar-refractivity contribution in [2.45, 2.75) is 66.0 Å². The number of carbonyl (C=O) groups excluding carboxylic acids is 1. The summed E-state index contributed by atoms with van der Waals surface area (Å²) in [6, 6.07) is 8.29. The van der Waals surface area contributed by atoms with Crippen molar-refractivity contribution in [3.8, 4) is 5.75 Å². The Hall–Kier alpha value is -1.88. The first-order valence-electron chi connectivity index (χ1n) is 10.2. The zero-order valence-electron chi connectivity index (χ0n) is 17.2. The third-order valence-corrected chi connectivity index (χ3v) is 8.32. The van der Waals surface area contributed by atoms with Crippen molar-refractivity contribution in [3.05, 3.63) is 45.9 Å². The van der Waals surface area contributed by atoms with Gasteiger partial charge in [-0.3, -0.25) is 4.79 Å². The normalized spacial score (nSPS) is 27.7. The molecular formula is C23H30N2O2S. The minimum atomic E-state index is 0.0888. The lowest BCUT2D eigenvalue weighted by Gasteiger charge is -2.39. The van der Waals surface area contributed by atoms with Crippen molar-refractivity contribution in [1.29, 1.82) is 0 Å². The van der Waals surface area contributed by atoms with Crippen molar-refractivity contribution < 1.29 is 9.53 Å². The smallest absolute Gasteiger partial charge is 0.226 e. The lowest BCUT2D eigenvalue weighted by Crippen LogP contribution is -2.47. The molecule has 3 atom stereocenters. The summed E-state index contributed by atoms with van der Waals surface area (Å²) in [5, 5.41) is 6.19. The van der Waals surface area contributed by atoms with Crippen molar-refractivity contribution >= 4 is 17.2 Å². The van der Waals surface area contributed by atoms with Gasteiger partial charge in [0.05, 0.1) is 12.1 Å². The van der Waals surface area contributed by atoms with Crippen LogP contribution >= 0.6 is 11.3 Å². The van der Waals surface area contributed by atoms with E-state index in [9.17, 15) is 4.79 Å². The fraction of sp³-hybridized carbons (Fsp3) is 0.565. The number of aromatic nitrogens is 1. The Bertz CT molecular complexity index is 858. The molecule has 1 heterocycles. The van der Waals surface area contributed by atoms with Gasteiger partial charge in [-0.1, -0.05) is 38.5 Å². The lowest BCUT2D eigenvalue weighted by molar-refractivity contribution is -0.122. The number of ether oxygens (including phenoxy) is 1. The molecule has 1 aromatic heterocycles. The summed E-state index contributed by atoms with van der Waals surface area (Å²) >= 11 is 1.55. The average Bonchev–Trinajstić information content (AvgIpc) is 3.23. The van der Waals surface area contributed by atoms with Gasteiger partial charge in [-0.05, 0) is 55.1 Å². The quantitative estimate of drug-likeness (QED) is 0.753. The summed E-state index contributed by atoms with van der Waals surface area (Å²) in [5.74, 6) is 1.66. The zero-order valence-corrected chi connectivity index (χ0v) is 18.1. The molecule has 0 saturated heterocycles.